The van der Waals surface area contributed by atoms with Gasteiger partial charge in [-0.1, -0.05) is 0 Å². The quantitative estimate of drug-likeness (QED) is 0.203. The predicted molar refractivity (Wildman–Crippen MR) is 118 cm³/mol. The van der Waals surface area contributed by atoms with Crippen molar-refractivity contribution in [2.75, 3.05) is 0 Å². The van der Waals surface area contributed by atoms with Crippen LogP contribution in [-0.4, -0.2) is 268 Å². The Morgan fingerprint density at radius 2 is 0.185 bits per heavy atom. The summed E-state index contributed by atoms with van der Waals surface area (Å²) in [6, 6.07) is 0. The first-order chi connectivity index (χ1) is 17.3. The second-order valence-electron chi connectivity index (χ2n) is 2.50. The van der Waals surface area contributed by atoms with Crippen LogP contribution >= 0.6 is 0 Å². The van der Waals surface area contributed by atoms with Crippen molar-refractivity contribution < 1.29 is 489 Å². The van der Waals surface area contributed by atoms with Crippen molar-refractivity contribution in [2.24, 2.45) is 0 Å². The van der Waals surface area contributed by atoms with E-state index >= 15 is 0 Å². The number of hydrogen-bond acceptors (Lipinski definition) is 40. The first-order valence-corrected chi connectivity index (χ1v) is 18.4. The van der Waals surface area contributed by atoms with Crippen LogP contribution in [0.3, 0.4) is 0 Å². The first kappa shape index (κ1) is 259. The van der Waals surface area contributed by atoms with Crippen molar-refractivity contribution in [1.82, 2.24) is 0 Å². The van der Waals surface area contributed by atoms with Crippen LogP contribution in [0.4, 0.5) is 0 Å². The molecule has 0 bridgehead atoms. The summed E-state index contributed by atoms with van der Waals surface area (Å²) in [7, 11) is -36.3. The van der Waals surface area contributed by atoms with Crippen molar-refractivity contribution in [2.45, 2.75) is 0 Å². The zero-order chi connectivity index (χ0) is 35.8. The molecule has 0 spiro atoms. The van der Waals surface area contributed by atoms with Crippen LogP contribution in [-0.2, 0) is 95.8 Å². The van der Waals surface area contributed by atoms with Crippen LogP contribution in [0, 0.1) is 0 Å². The minimum absolute atomic E-state index is 0. The molecule has 0 aliphatic carbocycles. The van der Waals surface area contributed by atoms with Gasteiger partial charge in [0, 0.05) is 91.7 Å². The molecular formula is H10Al3Fe3K3Mg3Na3O40Si10. The van der Waals surface area contributed by atoms with Gasteiger partial charge in [0.25, 0.3) is 0 Å². The molecule has 0 rings (SSSR count). The molecule has 335 valence electrons. The molecule has 0 heterocycles. The number of rotatable bonds is 0. The van der Waals surface area contributed by atoms with Gasteiger partial charge in [0.1, 0.15) is 0 Å². The molecule has 0 aromatic heterocycles. The van der Waals surface area contributed by atoms with Crippen molar-refractivity contribution in [3.8, 4) is 0 Å². The summed E-state index contributed by atoms with van der Waals surface area (Å²) >= 11 is 0. The summed E-state index contributed by atoms with van der Waals surface area (Å²) in [5.41, 5.74) is 0. The zero-order valence-electron chi connectivity index (χ0n) is 32.6. The van der Waals surface area contributed by atoms with Gasteiger partial charge in [0.05, 0.1) is 0 Å². The molecular weight excluding hydrogens is 1430 g/mol. The van der Waals surface area contributed by atoms with Gasteiger partial charge >= 0.3 is 415 Å². The van der Waals surface area contributed by atoms with E-state index in [-0.39, 0.29) is 470 Å². The van der Waals surface area contributed by atoms with Crippen molar-refractivity contribution in [3.05, 3.63) is 0 Å². The standard InChI is InChI=1S/3Al.3Fe.3K.3Mg.3Na.10O3Si.10H2O/c;;;;;;;;;;;;;;;10*1-4(2)3;;;;;;;;;;/h;;;;;;;;;;;;;;;;;;;;;;;;;10*1H2/q6*+3;3*+1;3*+2;3*+1;10*-2;;;;;;;;;;/p-10. The Morgan fingerprint density at radius 1 is 0.185 bits per heavy atom. The van der Waals surface area contributed by atoms with Gasteiger partial charge in [-0.15, -0.1) is 0 Å². The molecule has 3 radical (unpaired) electrons. The first-order valence-electron chi connectivity index (χ1n) is 6.12. The van der Waals surface area contributed by atoms with E-state index in [1.54, 1.807) is 0 Å². The van der Waals surface area contributed by atoms with Crippen LogP contribution in [0.1, 0.15) is 0 Å². The summed E-state index contributed by atoms with van der Waals surface area (Å²) in [6.07, 6.45) is 0. The molecule has 0 atom stereocenters. The Morgan fingerprint density at radius 3 is 0.185 bits per heavy atom. The predicted octanol–water partition coefficient (Wildman–Crippen LogP) is -50.8. The second-order valence-corrected chi connectivity index (χ2v) is 7.50. The summed E-state index contributed by atoms with van der Waals surface area (Å²) in [5.74, 6) is 0. The van der Waals surface area contributed by atoms with E-state index < -0.39 is 91.7 Å². The van der Waals surface area contributed by atoms with Crippen molar-refractivity contribution in [3.63, 3.8) is 0 Å². The maximum absolute atomic E-state index is 8.52. The average Bonchev–Trinajstić information content (AvgIpc) is 2.47. The van der Waals surface area contributed by atoms with E-state index in [2.05, 4.69) is 0 Å². The van der Waals surface area contributed by atoms with Gasteiger partial charge in [-0.25, -0.2) is 0 Å². The Bertz CT molecular complexity index is 551. The molecule has 0 aliphatic heterocycles. The van der Waals surface area contributed by atoms with Gasteiger partial charge in [-0.3, -0.25) is 0 Å². The van der Waals surface area contributed by atoms with Crippen LogP contribution in [0.25, 0.3) is 0 Å². The van der Waals surface area contributed by atoms with Crippen LogP contribution < -0.4 is 339 Å². The van der Waals surface area contributed by atoms with Crippen LogP contribution in [0.2, 0.25) is 0 Å². The Hall–Kier alpha value is 9.13. The van der Waals surface area contributed by atoms with E-state index in [4.69, 9.17) is 141 Å². The zero-order valence-corrected chi connectivity index (χ0v) is 69.0. The molecule has 0 fully saturated rings. The van der Waals surface area contributed by atoms with Gasteiger partial charge in [0.15, 0.2) is 0 Å². The fraction of sp³-hybridized carbons (Fsp3) is 0. The molecule has 65 heavy (non-hydrogen) atoms. The van der Waals surface area contributed by atoms with E-state index in [0.29, 0.717) is 0 Å². The minimum atomic E-state index is -3.63. The van der Waals surface area contributed by atoms with E-state index in [0.717, 1.165) is 0 Å². The number of hydrogen-bond donors (Lipinski definition) is 0. The Balaban J connectivity index is -0.00000000447. The Kier molecular flexibility index (Phi) is 990. The average molecular weight is 1440 g/mol. The smallest absolute Gasteiger partial charge is 0.870 e. The third-order valence-corrected chi connectivity index (χ3v) is 0. The van der Waals surface area contributed by atoms with E-state index in [1.165, 1.54) is 0 Å². The molecule has 0 aliphatic rings. The fourth-order valence-electron chi connectivity index (χ4n) is 0. The summed E-state index contributed by atoms with van der Waals surface area (Å²) < 4.78 is 85.2. The summed E-state index contributed by atoms with van der Waals surface area (Å²) in [4.78, 5) is 170. The van der Waals surface area contributed by atoms with Gasteiger partial charge < -0.3 is 195 Å². The second kappa shape index (κ2) is 248. The molecule has 40 nitrogen and oxygen atoms in total. The van der Waals surface area contributed by atoms with E-state index in [1.807, 2.05) is 0 Å². The normalized spacial score (nSPS) is 3.69. The topological polar surface area (TPSA) is 932 Å². The molecule has 0 aromatic rings. The fourth-order valence-corrected chi connectivity index (χ4v) is 0. The molecule has 0 amide bonds. The van der Waals surface area contributed by atoms with Gasteiger partial charge in [0.2, 0.25) is 0 Å². The molecule has 10 N–H and O–H groups in total. The monoisotopic (exact) mass is 1440 g/mol. The Labute approximate surface area is 686 Å². The van der Waals surface area contributed by atoms with Gasteiger partial charge in [-0.05, 0) is 0 Å². The van der Waals surface area contributed by atoms with Crippen LogP contribution in [0.15, 0.2) is 0 Å². The summed E-state index contributed by atoms with van der Waals surface area (Å²) in [6.45, 7) is 0. The van der Waals surface area contributed by atoms with Gasteiger partial charge in [-0.2, -0.15) is 0 Å². The maximum Gasteiger partial charge on any atom is 3.00 e. The largest absolute Gasteiger partial charge is 3.00 e. The summed E-state index contributed by atoms with van der Waals surface area (Å²) in [5, 5.41) is 0. The van der Waals surface area contributed by atoms with Crippen LogP contribution in [0.5, 0.6) is 0 Å². The third-order valence-electron chi connectivity index (χ3n) is 0. The molecule has 0 unspecified atom stereocenters. The third kappa shape index (κ3) is 4440. The van der Waals surface area contributed by atoms with Crippen molar-refractivity contribution in [1.29, 1.82) is 0 Å². The maximum atomic E-state index is 8.52. The molecule has 65 heteroatoms. The van der Waals surface area contributed by atoms with E-state index in [9.17, 15) is 0 Å². The SMILES string of the molecule is O=[Si]([O-])[O-].O=[Si]([O-])[O-].O=[Si]([O-])[O-].O=[Si]([O-])[O-].O=[Si]([O-])[O-].O=[Si]([O-])[O-].O=[Si]([O-])[O-].O=[Si]([O-])[O-].O=[Si]([O-])[O-].O=[Si]([O-])[O-].[Al+3].[Al+3].[Al+3].[Fe+3].[Fe+3].[Fe+3].[K+].[K+].[K+].[Mg+2].[Mg+2].[Mg+2].[Na+].[Na+].[Na+].[OH-].[OH-].[OH-].[OH-].[OH-].[OH-].[OH-].[OH-].[OH-].[OH-]. The minimum Gasteiger partial charge on any atom is -0.870 e. The molecule has 0 aromatic carbocycles. The molecule has 0 saturated heterocycles. The molecule has 0 saturated carbocycles. The van der Waals surface area contributed by atoms with Crippen molar-refractivity contribution >= 4 is 213 Å².